The van der Waals surface area contributed by atoms with Gasteiger partial charge in [-0.05, 0) is 28.8 Å². The van der Waals surface area contributed by atoms with Gasteiger partial charge in [0.05, 0.1) is 6.61 Å². The number of nitrogens with two attached hydrogens (primary N) is 1. The molecule has 0 bridgehead atoms. The molecule has 0 aliphatic heterocycles. The summed E-state index contributed by atoms with van der Waals surface area (Å²) >= 11 is 0. The lowest BCUT2D eigenvalue weighted by atomic mass is 9.80. The van der Waals surface area contributed by atoms with Crippen molar-refractivity contribution in [1.29, 1.82) is 0 Å². The van der Waals surface area contributed by atoms with Gasteiger partial charge < -0.3 is 10.8 Å². The Hall–Kier alpha value is -1.38. The minimum absolute atomic E-state index is 0.0660. The summed E-state index contributed by atoms with van der Waals surface area (Å²) in [4.78, 5) is 0. The normalized spacial score (nSPS) is 14.8. The van der Waals surface area contributed by atoms with Crippen LogP contribution in [0.5, 0.6) is 0 Å². The summed E-state index contributed by atoms with van der Waals surface area (Å²) in [5.41, 5.74) is 7.83. The van der Waals surface area contributed by atoms with Gasteiger partial charge in [0.2, 0.25) is 0 Å². The standard InChI is InChI=1S/C15H19NO/c1-11-7-8-14(15(2,9-16)10-17)13-6-4-3-5-12(11)13/h3-8,17H,9-10,16H2,1-2H3. The highest BCUT2D eigenvalue weighted by atomic mass is 16.3. The highest BCUT2D eigenvalue weighted by Gasteiger charge is 2.26. The van der Waals surface area contributed by atoms with E-state index >= 15 is 0 Å². The van der Waals surface area contributed by atoms with Gasteiger partial charge in [-0.15, -0.1) is 0 Å². The third kappa shape index (κ3) is 1.94. The predicted octanol–water partition coefficient (Wildman–Crippen LogP) is 2.36. The minimum atomic E-state index is -0.368. The minimum Gasteiger partial charge on any atom is -0.395 e. The molecule has 90 valence electrons. The topological polar surface area (TPSA) is 46.2 Å². The number of fused-ring (bicyclic) bond motifs is 1. The van der Waals surface area contributed by atoms with Gasteiger partial charge in [0.25, 0.3) is 0 Å². The zero-order valence-electron chi connectivity index (χ0n) is 10.4. The molecular weight excluding hydrogens is 210 g/mol. The monoisotopic (exact) mass is 229 g/mol. The molecule has 1 atom stereocenters. The molecule has 0 saturated carbocycles. The van der Waals surface area contributed by atoms with E-state index in [4.69, 9.17) is 5.73 Å². The molecule has 2 aromatic rings. The molecule has 0 aromatic heterocycles. The second-order valence-corrected chi connectivity index (χ2v) is 4.90. The van der Waals surface area contributed by atoms with Crippen molar-refractivity contribution in [2.75, 3.05) is 13.2 Å². The lowest BCUT2D eigenvalue weighted by Gasteiger charge is -2.28. The van der Waals surface area contributed by atoms with Gasteiger partial charge >= 0.3 is 0 Å². The van der Waals surface area contributed by atoms with Crippen LogP contribution in [0.25, 0.3) is 10.8 Å². The molecule has 0 saturated heterocycles. The molecular formula is C15H19NO. The number of hydrogen-bond acceptors (Lipinski definition) is 2. The fraction of sp³-hybridized carbons (Fsp3) is 0.333. The second kappa shape index (κ2) is 4.47. The van der Waals surface area contributed by atoms with E-state index in [1.54, 1.807) is 0 Å². The molecule has 0 spiro atoms. The SMILES string of the molecule is Cc1ccc(C(C)(CN)CO)c2ccccc12. The van der Waals surface area contributed by atoms with Crippen molar-refractivity contribution in [2.45, 2.75) is 19.3 Å². The number of rotatable bonds is 3. The number of aliphatic hydroxyl groups is 1. The maximum Gasteiger partial charge on any atom is 0.0537 e. The molecule has 2 aromatic carbocycles. The zero-order valence-corrected chi connectivity index (χ0v) is 10.4. The van der Waals surface area contributed by atoms with Crippen LogP contribution in [-0.2, 0) is 5.41 Å². The Labute approximate surface area is 102 Å². The smallest absolute Gasteiger partial charge is 0.0537 e. The molecule has 0 aliphatic rings. The van der Waals surface area contributed by atoms with Crippen molar-refractivity contribution in [3.8, 4) is 0 Å². The summed E-state index contributed by atoms with van der Waals surface area (Å²) < 4.78 is 0. The average Bonchev–Trinajstić information content (AvgIpc) is 2.39. The van der Waals surface area contributed by atoms with Crippen molar-refractivity contribution in [1.82, 2.24) is 0 Å². The van der Waals surface area contributed by atoms with Crippen LogP contribution in [0.4, 0.5) is 0 Å². The molecule has 1 unspecified atom stereocenters. The highest BCUT2D eigenvalue weighted by Crippen LogP contribution is 2.31. The Kier molecular flexibility index (Phi) is 3.18. The summed E-state index contributed by atoms with van der Waals surface area (Å²) in [5.74, 6) is 0. The molecule has 0 heterocycles. The third-order valence-electron chi connectivity index (χ3n) is 3.59. The molecule has 2 heteroatoms. The first-order valence-electron chi connectivity index (χ1n) is 5.92. The number of aryl methyl sites for hydroxylation is 1. The molecule has 0 aliphatic carbocycles. The largest absolute Gasteiger partial charge is 0.395 e. The van der Waals surface area contributed by atoms with Crippen molar-refractivity contribution < 1.29 is 5.11 Å². The fourth-order valence-electron chi connectivity index (χ4n) is 2.24. The van der Waals surface area contributed by atoms with Crippen LogP contribution < -0.4 is 5.73 Å². The second-order valence-electron chi connectivity index (χ2n) is 4.90. The van der Waals surface area contributed by atoms with Crippen LogP contribution in [0, 0.1) is 6.92 Å². The van der Waals surface area contributed by atoms with E-state index in [0.717, 1.165) is 5.56 Å². The Morgan fingerprint density at radius 1 is 1.12 bits per heavy atom. The Bertz CT molecular complexity index is 529. The number of hydrogen-bond donors (Lipinski definition) is 2. The van der Waals surface area contributed by atoms with E-state index in [1.165, 1.54) is 16.3 Å². The van der Waals surface area contributed by atoms with Crippen LogP contribution in [0.3, 0.4) is 0 Å². The summed E-state index contributed by atoms with van der Waals surface area (Å²) in [5, 5.41) is 12.0. The van der Waals surface area contributed by atoms with E-state index in [9.17, 15) is 5.11 Å². The molecule has 2 rings (SSSR count). The van der Waals surface area contributed by atoms with Gasteiger partial charge in [0, 0.05) is 12.0 Å². The van der Waals surface area contributed by atoms with Gasteiger partial charge in [-0.3, -0.25) is 0 Å². The fourth-order valence-corrected chi connectivity index (χ4v) is 2.24. The van der Waals surface area contributed by atoms with Crippen molar-refractivity contribution in [3.05, 3.63) is 47.5 Å². The molecule has 17 heavy (non-hydrogen) atoms. The van der Waals surface area contributed by atoms with E-state index in [0.29, 0.717) is 6.54 Å². The lowest BCUT2D eigenvalue weighted by molar-refractivity contribution is 0.211. The van der Waals surface area contributed by atoms with Gasteiger partial charge in [0.1, 0.15) is 0 Å². The van der Waals surface area contributed by atoms with Gasteiger partial charge in [-0.1, -0.05) is 43.3 Å². The number of aliphatic hydroxyl groups excluding tert-OH is 1. The van der Waals surface area contributed by atoms with Crippen LogP contribution in [0.2, 0.25) is 0 Å². The zero-order chi connectivity index (χ0) is 12.5. The van der Waals surface area contributed by atoms with Gasteiger partial charge in [-0.25, -0.2) is 0 Å². The Morgan fingerprint density at radius 3 is 2.35 bits per heavy atom. The highest BCUT2D eigenvalue weighted by molar-refractivity contribution is 5.89. The summed E-state index contributed by atoms with van der Waals surface area (Å²) in [6.07, 6.45) is 0. The van der Waals surface area contributed by atoms with Crippen molar-refractivity contribution in [3.63, 3.8) is 0 Å². The first-order valence-corrected chi connectivity index (χ1v) is 5.92. The van der Waals surface area contributed by atoms with E-state index in [1.807, 2.05) is 19.1 Å². The first kappa shape index (κ1) is 12.1. The molecule has 0 fully saturated rings. The average molecular weight is 229 g/mol. The summed E-state index contributed by atoms with van der Waals surface area (Å²) in [6, 6.07) is 12.5. The van der Waals surface area contributed by atoms with E-state index < -0.39 is 0 Å². The van der Waals surface area contributed by atoms with Crippen molar-refractivity contribution in [2.24, 2.45) is 5.73 Å². The van der Waals surface area contributed by atoms with Gasteiger partial charge in [-0.2, -0.15) is 0 Å². The van der Waals surface area contributed by atoms with Crippen molar-refractivity contribution >= 4 is 10.8 Å². The quantitative estimate of drug-likeness (QED) is 0.848. The maximum atomic E-state index is 9.59. The van der Waals surface area contributed by atoms with Crippen LogP contribution in [0.15, 0.2) is 36.4 Å². The summed E-state index contributed by atoms with van der Waals surface area (Å²) in [6.45, 7) is 4.61. The first-order chi connectivity index (χ1) is 8.12. The maximum absolute atomic E-state index is 9.59. The predicted molar refractivity (Wildman–Crippen MR) is 72.2 cm³/mol. The Balaban J connectivity index is 2.75. The molecule has 0 amide bonds. The lowest BCUT2D eigenvalue weighted by Crippen LogP contribution is -2.35. The van der Waals surface area contributed by atoms with E-state index in [-0.39, 0.29) is 12.0 Å². The Morgan fingerprint density at radius 2 is 1.76 bits per heavy atom. The van der Waals surface area contributed by atoms with Crippen LogP contribution in [0.1, 0.15) is 18.1 Å². The molecule has 0 radical (unpaired) electrons. The number of benzene rings is 2. The summed E-state index contributed by atoms with van der Waals surface area (Å²) in [7, 11) is 0. The molecule has 2 nitrogen and oxygen atoms in total. The van der Waals surface area contributed by atoms with Crippen LogP contribution in [-0.4, -0.2) is 18.3 Å². The van der Waals surface area contributed by atoms with E-state index in [2.05, 4.69) is 31.2 Å². The van der Waals surface area contributed by atoms with Crippen LogP contribution >= 0.6 is 0 Å². The van der Waals surface area contributed by atoms with Gasteiger partial charge in [0.15, 0.2) is 0 Å². The molecule has 3 N–H and O–H groups in total. The third-order valence-corrected chi connectivity index (χ3v) is 3.59.